The lowest BCUT2D eigenvalue weighted by Gasteiger charge is -2.32. The Balaban J connectivity index is 1.24. The third kappa shape index (κ3) is 5.27. The van der Waals surface area contributed by atoms with Gasteiger partial charge in [0.1, 0.15) is 29.8 Å². The van der Waals surface area contributed by atoms with Crippen LogP contribution < -0.4 is 30.2 Å². The number of hydrogen-bond donors (Lipinski definition) is 1. The molecule has 0 aliphatic carbocycles. The van der Waals surface area contributed by atoms with Crippen molar-refractivity contribution in [3.63, 3.8) is 0 Å². The molecular weight excluding hydrogens is 592 g/mol. The van der Waals surface area contributed by atoms with E-state index in [1.807, 2.05) is 11.8 Å². The van der Waals surface area contributed by atoms with E-state index >= 15 is 8.78 Å². The topological polar surface area (TPSA) is 123 Å². The number of benzene rings is 2. The zero-order chi connectivity index (χ0) is 32.2. The van der Waals surface area contributed by atoms with Gasteiger partial charge in [0.25, 0.3) is 0 Å². The summed E-state index contributed by atoms with van der Waals surface area (Å²) >= 11 is 0. The minimum absolute atomic E-state index is 0.0269. The van der Waals surface area contributed by atoms with Gasteiger partial charge in [0, 0.05) is 39.3 Å². The molecule has 2 fully saturated rings. The van der Waals surface area contributed by atoms with E-state index in [9.17, 15) is 19.2 Å². The molecule has 12 nitrogen and oxygen atoms in total. The van der Waals surface area contributed by atoms with Gasteiger partial charge in [-0.1, -0.05) is 0 Å². The second-order valence-electron chi connectivity index (χ2n) is 11.6. The van der Waals surface area contributed by atoms with Crippen LogP contribution in [0.4, 0.5) is 30.6 Å². The standard InChI is InChI=1S/C31H33F2N5O7/c1-16-15-44-29-26-21(28(40)22(14-37(16)26)30(41)43-4)10-24(33)27(29)36-8-7-19(12-36)35(3)25-6-5-18(9-23(25)32)38-13-20(45-31(38)42)11-34-17(2)39/h5-6,9-10,14,16,19-20H,7-8,11-13,15H2,1-4H3,(H,34,39). The number of hydrogen-bond acceptors (Lipinski definition) is 9. The third-order valence-electron chi connectivity index (χ3n) is 8.65. The molecule has 2 amide bonds. The number of anilines is 3. The molecule has 45 heavy (non-hydrogen) atoms. The Bertz CT molecular complexity index is 1780. The van der Waals surface area contributed by atoms with Crippen LogP contribution in [-0.2, 0) is 14.3 Å². The van der Waals surface area contributed by atoms with Gasteiger partial charge in [-0.15, -0.1) is 0 Å². The smallest absolute Gasteiger partial charge is 0.414 e. The van der Waals surface area contributed by atoms with Gasteiger partial charge in [-0.25, -0.2) is 18.4 Å². The van der Waals surface area contributed by atoms with Gasteiger partial charge in [-0.3, -0.25) is 14.5 Å². The van der Waals surface area contributed by atoms with Crippen molar-refractivity contribution in [2.45, 2.75) is 38.5 Å². The number of cyclic esters (lactones) is 1. The first-order valence-corrected chi connectivity index (χ1v) is 14.6. The highest BCUT2D eigenvalue weighted by molar-refractivity contribution is 5.98. The summed E-state index contributed by atoms with van der Waals surface area (Å²) in [6.45, 7) is 4.57. The molecule has 4 heterocycles. The van der Waals surface area contributed by atoms with E-state index in [1.54, 1.807) is 28.6 Å². The number of pyridine rings is 1. The molecule has 1 aromatic heterocycles. The molecule has 3 unspecified atom stereocenters. The second kappa shape index (κ2) is 11.6. The number of ether oxygens (including phenoxy) is 3. The quantitative estimate of drug-likeness (QED) is 0.395. The Labute approximate surface area is 257 Å². The highest BCUT2D eigenvalue weighted by atomic mass is 19.1. The summed E-state index contributed by atoms with van der Waals surface area (Å²) in [4.78, 5) is 54.0. The van der Waals surface area contributed by atoms with Gasteiger partial charge in [0.15, 0.2) is 11.6 Å². The molecule has 0 radical (unpaired) electrons. The second-order valence-corrected chi connectivity index (χ2v) is 11.6. The Kier molecular flexibility index (Phi) is 7.75. The number of halogens is 2. The number of nitrogens with zero attached hydrogens (tertiary/aromatic N) is 4. The summed E-state index contributed by atoms with van der Waals surface area (Å²) in [7, 11) is 2.94. The molecule has 6 rings (SSSR count). The van der Waals surface area contributed by atoms with Gasteiger partial charge in [-0.2, -0.15) is 0 Å². The van der Waals surface area contributed by atoms with E-state index in [1.165, 1.54) is 31.2 Å². The number of amides is 2. The largest absolute Gasteiger partial charge is 0.487 e. The molecule has 3 aliphatic rings. The number of carbonyl (C=O) groups is 3. The summed E-state index contributed by atoms with van der Waals surface area (Å²) in [6.07, 6.45) is 0.853. The molecule has 0 spiro atoms. The zero-order valence-electron chi connectivity index (χ0n) is 25.3. The average molecular weight is 626 g/mol. The van der Waals surface area contributed by atoms with E-state index in [0.29, 0.717) is 36.4 Å². The van der Waals surface area contributed by atoms with Gasteiger partial charge < -0.3 is 33.9 Å². The lowest BCUT2D eigenvalue weighted by Crippen LogP contribution is -2.36. The molecule has 3 aliphatic heterocycles. The molecule has 14 heteroatoms. The number of rotatable bonds is 7. The Hall–Kier alpha value is -4.88. The predicted molar refractivity (Wildman–Crippen MR) is 161 cm³/mol. The number of carbonyl (C=O) groups excluding carboxylic acids is 3. The van der Waals surface area contributed by atoms with Crippen LogP contribution in [0.15, 0.2) is 35.3 Å². The first-order valence-electron chi connectivity index (χ1n) is 14.6. The summed E-state index contributed by atoms with van der Waals surface area (Å²) in [5, 5.41) is 2.64. The van der Waals surface area contributed by atoms with Gasteiger partial charge in [-0.05, 0) is 37.6 Å². The lowest BCUT2D eigenvalue weighted by atomic mass is 10.1. The fourth-order valence-corrected chi connectivity index (χ4v) is 6.27. The third-order valence-corrected chi connectivity index (χ3v) is 8.65. The highest BCUT2D eigenvalue weighted by Gasteiger charge is 2.36. The summed E-state index contributed by atoms with van der Waals surface area (Å²) < 4.78 is 49.1. The van der Waals surface area contributed by atoms with Gasteiger partial charge >= 0.3 is 12.1 Å². The van der Waals surface area contributed by atoms with Crippen molar-refractivity contribution in [3.8, 4) is 5.75 Å². The molecule has 2 aromatic carbocycles. The molecule has 238 valence electrons. The van der Waals surface area contributed by atoms with Crippen LogP contribution in [0.3, 0.4) is 0 Å². The van der Waals surface area contributed by atoms with Crippen LogP contribution in [-0.4, -0.2) is 81.6 Å². The van der Waals surface area contributed by atoms with E-state index in [0.717, 1.165) is 6.07 Å². The number of likely N-dealkylation sites (N-methyl/N-ethyl adjacent to an activating group) is 1. The molecule has 0 saturated carbocycles. The van der Waals surface area contributed by atoms with Crippen molar-refractivity contribution in [1.82, 2.24) is 9.88 Å². The summed E-state index contributed by atoms with van der Waals surface area (Å²) in [6, 6.07) is 5.21. The van der Waals surface area contributed by atoms with Crippen molar-refractivity contribution >= 4 is 45.9 Å². The summed E-state index contributed by atoms with van der Waals surface area (Å²) in [5.41, 5.74) is 0.434. The monoisotopic (exact) mass is 625 g/mol. The number of nitrogens with one attached hydrogen (secondary N) is 1. The van der Waals surface area contributed by atoms with Gasteiger partial charge in [0.05, 0.1) is 48.5 Å². The summed E-state index contributed by atoms with van der Waals surface area (Å²) in [5.74, 6) is -2.02. The molecular formula is C31H33F2N5O7. The predicted octanol–water partition coefficient (Wildman–Crippen LogP) is 3.20. The normalized spacial score (nSPS) is 20.7. The van der Waals surface area contributed by atoms with E-state index in [-0.39, 0.29) is 60.1 Å². The number of aromatic nitrogens is 1. The minimum atomic E-state index is -0.799. The fourth-order valence-electron chi connectivity index (χ4n) is 6.27. The first-order chi connectivity index (χ1) is 21.5. The Morgan fingerprint density at radius 2 is 1.93 bits per heavy atom. The van der Waals surface area contributed by atoms with Crippen molar-refractivity contribution in [2.75, 3.05) is 61.6 Å². The Morgan fingerprint density at radius 1 is 1.16 bits per heavy atom. The van der Waals surface area contributed by atoms with Crippen molar-refractivity contribution in [2.24, 2.45) is 0 Å². The Morgan fingerprint density at radius 3 is 2.64 bits per heavy atom. The minimum Gasteiger partial charge on any atom is -0.487 e. The zero-order valence-corrected chi connectivity index (χ0v) is 25.3. The fraction of sp³-hybridized carbons (Fsp3) is 0.419. The molecule has 3 aromatic rings. The van der Waals surface area contributed by atoms with E-state index in [4.69, 9.17) is 14.2 Å². The maximum absolute atomic E-state index is 15.8. The molecule has 0 bridgehead atoms. The van der Waals surface area contributed by atoms with Gasteiger partial charge in [0.2, 0.25) is 11.3 Å². The van der Waals surface area contributed by atoms with E-state index in [2.05, 4.69) is 5.32 Å². The van der Waals surface area contributed by atoms with Crippen molar-refractivity contribution in [1.29, 1.82) is 0 Å². The van der Waals surface area contributed by atoms with Crippen molar-refractivity contribution in [3.05, 3.63) is 57.9 Å². The maximum atomic E-state index is 15.8. The van der Waals surface area contributed by atoms with E-state index < -0.39 is 35.2 Å². The van der Waals surface area contributed by atoms with Crippen molar-refractivity contribution < 1.29 is 37.4 Å². The van der Waals surface area contributed by atoms with Crippen LogP contribution in [0.25, 0.3) is 10.9 Å². The number of methoxy groups -OCH3 is 1. The van der Waals surface area contributed by atoms with Crippen LogP contribution in [0.5, 0.6) is 5.75 Å². The van der Waals surface area contributed by atoms with Crippen LogP contribution in [0, 0.1) is 11.6 Å². The first kappa shape index (κ1) is 30.2. The lowest BCUT2D eigenvalue weighted by molar-refractivity contribution is -0.119. The molecule has 2 saturated heterocycles. The maximum Gasteiger partial charge on any atom is 0.414 e. The van der Waals surface area contributed by atoms with Crippen LogP contribution in [0.2, 0.25) is 0 Å². The number of esters is 1. The average Bonchev–Trinajstić information content (AvgIpc) is 3.64. The molecule has 3 atom stereocenters. The SMILES string of the molecule is COC(=O)c1cn2c3c(c(N4CCC(N(C)c5ccc(N6CC(CNC(C)=O)OC6=O)cc5F)C4)c(F)cc3c1=O)OCC2C. The van der Waals surface area contributed by atoms with Crippen LogP contribution in [0.1, 0.15) is 36.7 Å². The van der Waals surface area contributed by atoms with Crippen LogP contribution >= 0.6 is 0 Å². The molecule has 1 N–H and O–H groups in total. The highest BCUT2D eigenvalue weighted by Crippen LogP contribution is 2.43.